The minimum Gasteiger partial charge on any atom is -0.0943 e. The molecule has 0 saturated heterocycles. The van der Waals surface area contributed by atoms with Crippen molar-refractivity contribution in [1.29, 1.82) is 0 Å². The van der Waals surface area contributed by atoms with Crippen LogP contribution in [-0.2, 0) is 0 Å². The van der Waals surface area contributed by atoms with Gasteiger partial charge in [0, 0.05) is 5.41 Å². The highest BCUT2D eigenvalue weighted by Crippen LogP contribution is 2.66. The van der Waals surface area contributed by atoms with Gasteiger partial charge in [0.05, 0.1) is 0 Å². The zero-order valence-electron chi connectivity index (χ0n) is 18.1. The molecular weight excluding hydrogens is 336 g/mol. The average molecular weight is 377 g/mol. The summed E-state index contributed by atoms with van der Waals surface area (Å²) in [7, 11) is 0. The molecule has 4 rings (SSSR count). The van der Waals surface area contributed by atoms with E-state index in [0.717, 1.165) is 11.8 Å². The second-order valence-electron chi connectivity index (χ2n) is 9.77. The lowest BCUT2D eigenvalue weighted by Crippen LogP contribution is -2.30. The molecule has 1 aromatic rings. The van der Waals surface area contributed by atoms with E-state index in [0.29, 0.717) is 5.41 Å². The molecule has 152 valence electrons. The van der Waals surface area contributed by atoms with Gasteiger partial charge < -0.3 is 0 Å². The second kappa shape index (κ2) is 9.02. The van der Waals surface area contributed by atoms with E-state index in [2.05, 4.69) is 37.3 Å². The maximum absolute atomic E-state index is 4.80. The molecule has 0 spiro atoms. The largest absolute Gasteiger partial charge is 0.0943 e. The molecule has 0 aromatic heterocycles. The summed E-state index contributed by atoms with van der Waals surface area (Å²) in [6.07, 6.45) is 19.7. The maximum atomic E-state index is 4.80. The van der Waals surface area contributed by atoms with E-state index in [1.54, 1.807) is 0 Å². The van der Waals surface area contributed by atoms with Crippen LogP contribution in [0.2, 0.25) is 0 Å². The minimum atomic E-state index is 0.295. The molecule has 0 heterocycles. The van der Waals surface area contributed by atoms with Gasteiger partial charge in [-0.3, -0.25) is 0 Å². The monoisotopic (exact) mass is 376 g/mol. The van der Waals surface area contributed by atoms with Crippen LogP contribution in [0.5, 0.6) is 0 Å². The Morgan fingerprint density at radius 2 is 1.75 bits per heavy atom. The summed E-state index contributed by atoms with van der Waals surface area (Å²) >= 11 is 0. The molecule has 0 aliphatic heterocycles. The third-order valence-electron chi connectivity index (χ3n) is 8.18. The minimum absolute atomic E-state index is 0.295. The first-order chi connectivity index (χ1) is 13.8. The van der Waals surface area contributed by atoms with E-state index in [9.17, 15) is 0 Å². The summed E-state index contributed by atoms with van der Waals surface area (Å²) in [4.78, 5) is 0. The third kappa shape index (κ3) is 3.64. The molecular formula is C28H40. The van der Waals surface area contributed by atoms with Crippen molar-refractivity contribution in [2.45, 2.75) is 96.8 Å². The molecule has 1 aromatic carbocycles. The lowest BCUT2D eigenvalue weighted by Gasteiger charge is -2.41. The first-order valence-electron chi connectivity index (χ1n) is 12.2. The summed E-state index contributed by atoms with van der Waals surface area (Å²) < 4.78 is 0. The maximum Gasteiger partial charge on any atom is 0.0198 e. The van der Waals surface area contributed by atoms with Gasteiger partial charge in [0.15, 0.2) is 0 Å². The molecule has 2 saturated carbocycles. The van der Waals surface area contributed by atoms with Crippen molar-refractivity contribution < 1.29 is 0 Å². The Balaban J connectivity index is 1.70. The second-order valence-corrected chi connectivity index (χ2v) is 9.77. The lowest BCUT2D eigenvalue weighted by atomic mass is 9.63. The van der Waals surface area contributed by atoms with Crippen molar-refractivity contribution in [3.63, 3.8) is 0 Å². The topological polar surface area (TPSA) is 0 Å². The number of unbranched alkanes of at least 4 members (excludes halogenated alkanes) is 3. The summed E-state index contributed by atoms with van der Waals surface area (Å²) in [5.41, 5.74) is 6.95. The van der Waals surface area contributed by atoms with E-state index in [4.69, 9.17) is 6.58 Å². The number of allylic oxidation sites excluding steroid dienone is 3. The van der Waals surface area contributed by atoms with E-state index < -0.39 is 0 Å². The molecule has 0 heteroatoms. The fourth-order valence-corrected chi connectivity index (χ4v) is 6.93. The van der Waals surface area contributed by atoms with Gasteiger partial charge >= 0.3 is 0 Å². The van der Waals surface area contributed by atoms with Crippen LogP contribution >= 0.6 is 0 Å². The molecule has 3 aliphatic carbocycles. The molecule has 0 N–H and O–H groups in total. The molecule has 0 bridgehead atoms. The molecule has 3 aliphatic rings. The van der Waals surface area contributed by atoms with Gasteiger partial charge in [0.1, 0.15) is 0 Å². The number of benzene rings is 1. The van der Waals surface area contributed by atoms with Gasteiger partial charge in [-0.25, -0.2) is 0 Å². The summed E-state index contributed by atoms with van der Waals surface area (Å²) in [6, 6.07) is 11.2. The van der Waals surface area contributed by atoms with Gasteiger partial charge in [0.2, 0.25) is 0 Å². The smallest absolute Gasteiger partial charge is 0.0198 e. The predicted molar refractivity (Wildman–Crippen MR) is 122 cm³/mol. The zero-order chi connectivity index (χ0) is 19.4. The van der Waals surface area contributed by atoms with Gasteiger partial charge in [-0.05, 0) is 67.9 Å². The Morgan fingerprint density at radius 1 is 0.964 bits per heavy atom. The summed E-state index contributed by atoms with van der Waals surface area (Å²) in [5.74, 6) is 1.68. The van der Waals surface area contributed by atoms with Gasteiger partial charge in [-0.2, -0.15) is 0 Å². The normalized spacial score (nSPS) is 28.0. The molecule has 0 unspecified atom stereocenters. The summed E-state index contributed by atoms with van der Waals surface area (Å²) in [5, 5.41) is 0. The third-order valence-corrected chi connectivity index (χ3v) is 8.18. The van der Waals surface area contributed by atoms with E-state index in [-0.39, 0.29) is 0 Å². The van der Waals surface area contributed by atoms with Crippen LogP contribution in [-0.4, -0.2) is 0 Å². The molecule has 0 amide bonds. The SMILES string of the molecule is C=C(c1ccccc1)[C@@]12CCC[C@@H]1CC(CCCCCC)=C2C1CCCCC1. The van der Waals surface area contributed by atoms with E-state index >= 15 is 0 Å². The number of hydrogen-bond donors (Lipinski definition) is 0. The highest BCUT2D eigenvalue weighted by Gasteiger charge is 2.54. The fourth-order valence-electron chi connectivity index (χ4n) is 6.93. The number of rotatable bonds is 8. The van der Waals surface area contributed by atoms with Crippen molar-refractivity contribution in [3.8, 4) is 0 Å². The lowest BCUT2D eigenvalue weighted by molar-refractivity contribution is 0.308. The number of hydrogen-bond acceptors (Lipinski definition) is 0. The first kappa shape index (κ1) is 20.0. The van der Waals surface area contributed by atoms with Crippen molar-refractivity contribution in [1.82, 2.24) is 0 Å². The van der Waals surface area contributed by atoms with Crippen molar-refractivity contribution in [2.24, 2.45) is 17.3 Å². The molecule has 2 atom stereocenters. The van der Waals surface area contributed by atoms with Gasteiger partial charge in [-0.15, -0.1) is 0 Å². The fraction of sp³-hybridized carbons (Fsp3) is 0.643. The first-order valence-corrected chi connectivity index (χ1v) is 12.2. The molecule has 28 heavy (non-hydrogen) atoms. The van der Waals surface area contributed by atoms with E-state index in [1.807, 2.05) is 11.1 Å². The molecule has 2 fully saturated rings. The van der Waals surface area contributed by atoms with Crippen molar-refractivity contribution in [3.05, 3.63) is 53.6 Å². The quantitative estimate of drug-likeness (QED) is 0.314. The molecule has 0 radical (unpaired) electrons. The van der Waals surface area contributed by atoms with Crippen molar-refractivity contribution >= 4 is 5.57 Å². The van der Waals surface area contributed by atoms with E-state index in [1.165, 1.54) is 101 Å². The van der Waals surface area contributed by atoms with Gasteiger partial charge in [-0.1, -0.05) is 99.9 Å². The van der Waals surface area contributed by atoms with Crippen LogP contribution in [0.1, 0.15) is 102 Å². The van der Waals surface area contributed by atoms with Crippen LogP contribution in [0.4, 0.5) is 0 Å². The Hall–Kier alpha value is -1.30. The van der Waals surface area contributed by atoms with Crippen LogP contribution in [0.15, 0.2) is 48.1 Å². The number of fused-ring (bicyclic) bond motifs is 1. The molecule has 0 nitrogen and oxygen atoms in total. The highest BCUT2D eigenvalue weighted by atomic mass is 14.6. The Bertz CT molecular complexity index is 688. The summed E-state index contributed by atoms with van der Waals surface area (Å²) in [6.45, 7) is 7.12. The average Bonchev–Trinajstić information content (AvgIpc) is 3.28. The standard InChI is InChI=1S/C28H40/c1-3-4-5-8-18-25-21-26-19-13-20-28(26,22(2)23-14-9-6-10-15-23)27(25)24-16-11-7-12-17-24/h6,9-10,14-15,24,26H,2-5,7-8,11-13,16-21H2,1H3/t26-,28+/m1/s1. The van der Waals surface area contributed by atoms with Crippen LogP contribution in [0.25, 0.3) is 5.57 Å². The Kier molecular flexibility index (Phi) is 6.44. The Morgan fingerprint density at radius 3 is 2.50 bits per heavy atom. The Labute approximate surface area is 173 Å². The van der Waals surface area contributed by atoms with Crippen LogP contribution in [0.3, 0.4) is 0 Å². The van der Waals surface area contributed by atoms with Crippen LogP contribution < -0.4 is 0 Å². The van der Waals surface area contributed by atoms with Crippen molar-refractivity contribution in [2.75, 3.05) is 0 Å². The predicted octanol–water partition coefficient (Wildman–Crippen LogP) is 8.74. The van der Waals surface area contributed by atoms with Crippen LogP contribution in [0, 0.1) is 17.3 Å². The zero-order valence-corrected chi connectivity index (χ0v) is 18.1. The van der Waals surface area contributed by atoms with Gasteiger partial charge in [0.25, 0.3) is 0 Å². The highest BCUT2D eigenvalue weighted by molar-refractivity contribution is 5.74.